The van der Waals surface area contributed by atoms with Gasteiger partial charge >= 0.3 is 0 Å². The molecule has 0 atom stereocenters. The maximum atomic E-state index is 5.75. The van der Waals surface area contributed by atoms with Crippen LogP contribution in [0.2, 0.25) is 0 Å². The summed E-state index contributed by atoms with van der Waals surface area (Å²) >= 11 is 3.55. The molecule has 2 N–H and O–H groups in total. The molecule has 2 aromatic rings. The van der Waals surface area contributed by atoms with Crippen molar-refractivity contribution in [2.75, 3.05) is 17.7 Å². The van der Waals surface area contributed by atoms with Crippen LogP contribution in [0.4, 0.5) is 17.1 Å². The molecular formula is C14H15BrN2. The van der Waals surface area contributed by atoms with Gasteiger partial charge in [0.1, 0.15) is 0 Å². The van der Waals surface area contributed by atoms with Gasteiger partial charge in [0.2, 0.25) is 0 Å². The van der Waals surface area contributed by atoms with Gasteiger partial charge < -0.3 is 10.6 Å². The average molecular weight is 291 g/mol. The molecule has 0 saturated carbocycles. The Hall–Kier alpha value is -1.48. The summed E-state index contributed by atoms with van der Waals surface area (Å²) in [5.74, 6) is 0. The van der Waals surface area contributed by atoms with E-state index in [9.17, 15) is 0 Å². The first-order valence-corrected chi connectivity index (χ1v) is 6.23. The van der Waals surface area contributed by atoms with Crippen molar-refractivity contribution in [2.24, 2.45) is 0 Å². The Kier molecular flexibility index (Phi) is 3.38. The van der Waals surface area contributed by atoms with Crippen molar-refractivity contribution in [1.82, 2.24) is 0 Å². The Morgan fingerprint density at radius 3 is 2.41 bits per heavy atom. The standard InChI is InChI=1S/C14H15BrN2/c1-10-5-3-4-6-13(10)17(2)14-8-7-11(16)9-12(14)15/h3-9H,16H2,1-2H3. The van der Waals surface area contributed by atoms with Crippen LogP contribution < -0.4 is 10.6 Å². The molecule has 3 heteroatoms. The zero-order valence-corrected chi connectivity index (χ0v) is 11.5. The van der Waals surface area contributed by atoms with Crippen LogP contribution in [-0.4, -0.2) is 7.05 Å². The molecule has 0 bridgehead atoms. The van der Waals surface area contributed by atoms with Crippen LogP contribution in [0.15, 0.2) is 46.9 Å². The van der Waals surface area contributed by atoms with Gasteiger partial charge in [0.15, 0.2) is 0 Å². The van der Waals surface area contributed by atoms with Crippen LogP contribution in [-0.2, 0) is 0 Å². The average Bonchev–Trinajstić information content (AvgIpc) is 2.29. The SMILES string of the molecule is Cc1ccccc1N(C)c1ccc(N)cc1Br. The normalized spacial score (nSPS) is 10.3. The summed E-state index contributed by atoms with van der Waals surface area (Å²) in [7, 11) is 2.05. The highest BCUT2D eigenvalue weighted by atomic mass is 79.9. The number of rotatable bonds is 2. The Labute approximate surface area is 110 Å². The second-order valence-corrected chi connectivity index (χ2v) is 4.91. The van der Waals surface area contributed by atoms with E-state index in [-0.39, 0.29) is 0 Å². The highest BCUT2D eigenvalue weighted by Gasteiger charge is 2.09. The first kappa shape index (κ1) is 12.0. The molecule has 0 aliphatic rings. The largest absolute Gasteiger partial charge is 0.399 e. The second kappa shape index (κ2) is 4.80. The third-order valence-electron chi connectivity index (χ3n) is 2.81. The van der Waals surface area contributed by atoms with Crippen LogP contribution in [0.5, 0.6) is 0 Å². The van der Waals surface area contributed by atoms with E-state index in [1.807, 2.05) is 30.3 Å². The lowest BCUT2D eigenvalue weighted by molar-refractivity contribution is 1.18. The molecule has 0 aromatic heterocycles. The number of halogens is 1. The first-order valence-electron chi connectivity index (χ1n) is 5.44. The van der Waals surface area contributed by atoms with Gasteiger partial charge in [0, 0.05) is 22.9 Å². The molecule has 0 amide bonds. The minimum absolute atomic E-state index is 0.763. The van der Waals surface area contributed by atoms with Gasteiger partial charge in [0.25, 0.3) is 0 Å². The van der Waals surface area contributed by atoms with E-state index in [1.54, 1.807) is 0 Å². The van der Waals surface area contributed by atoms with E-state index in [0.29, 0.717) is 0 Å². The maximum Gasteiger partial charge on any atom is 0.0554 e. The third kappa shape index (κ3) is 2.44. The highest BCUT2D eigenvalue weighted by molar-refractivity contribution is 9.10. The molecule has 0 fully saturated rings. The van der Waals surface area contributed by atoms with Crippen LogP contribution in [0.3, 0.4) is 0 Å². The molecule has 2 rings (SSSR count). The molecule has 88 valence electrons. The smallest absolute Gasteiger partial charge is 0.0554 e. The van der Waals surface area contributed by atoms with Crippen molar-refractivity contribution >= 4 is 33.0 Å². The minimum Gasteiger partial charge on any atom is -0.399 e. The van der Waals surface area contributed by atoms with E-state index >= 15 is 0 Å². The van der Waals surface area contributed by atoms with E-state index in [4.69, 9.17) is 5.73 Å². The quantitative estimate of drug-likeness (QED) is 0.844. The molecule has 0 aliphatic carbocycles. The van der Waals surface area contributed by atoms with Gasteiger partial charge in [-0.15, -0.1) is 0 Å². The van der Waals surface area contributed by atoms with Crippen molar-refractivity contribution in [1.29, 1.82) is 0 Å². The summed E-state index contributed by atoms with van der Waals surface area (Å²) in [5.41, 5.74) is 10.1. The minimum atomic E-state index is 0.763. The lowest BCUT2D eigenvalue weighted by atomic mass is 10.1. The number of aryl methyl sites for hydroxylation is 1. The molecule has 2 nitrogen and oxygen atoms in total. The van der Waals surface area contributed by atoms with Crippen molar-refractivity contribution in [2.45, 2.75) is 6.92 Å². The zero-order chi connectivity index (χ0) is 12.4. The summed E-state index contributed by atoms with van der Waals surface area (Å²) in [5, 5.41) is 0. The number of nitrogen functional groups attached to an aromatic ring is 1. The van der Waals surface area contributed by atoms with E-state index in [0.717, 1.165) is 15.8 Å². The van der Waals surface area contributed by atoms with Crippen molar-refractivity contribution in [3.63, 3.8) is 0 Å². The van der Waals surface area contributed by atoms with Gasteiger partial charge in [-0.25, -0.2) is 0 Å². The molecule has 17 heavy (non-hydrogen) atoms. The summed E-state index contributed by atoms with van der Waals surface area (Å²) in [6, 6.07) is 14.2. The van der Waals surface area contributed by atoms with E-state index in [1.165, 1.54) is 11.3 Å². The number of anilines is 3. The van der Waals surface area contributed by atoms with Crippen molar-refractivity contribution in [3.05, 3.63) is 52.5 Å². The number of benzene rings is 2. The summed E-state index contributed by atoms with van der Waals surface area (Å²) in [4.78, 5) is 2.15. The van der Waals surface area contributed by atoms with Gasteiger partial charge in [-0.05, 0) is 52.7 Å². The maximum absolute atomic E-state index is 5.75. The van der Waals surface area contributed by atoms with Gasteiger partial charge in [0.05, 0.1) is 5.69 Å². The van der Waals surface area contributed by atoms with Gasteiger partial charge in [-0.3, -0.25) is 0 Å². The number of para-hydroxylation sites is 1. The predicted molar refractivity (Wildman–Crippen MR) is 77.8 cm³/mol. The third-order valence-corrected chi connectivity index (χ3v) is 3.45. The Bertz CT molecular complexity index is 537. The molecule has 0 aliphatic heterocycles. The van der Waals surface area contributed by atoms with E-state index < -0.39 is 0 Å². The van der Waals surface area contributed by atoms with E-state index in [2.05, 4.69) is 46.9 Å². The number of nitrogens with zero attached hydrogens (tertiary/aromatic N) is 1. The summed E-state index contributed by atoms with van der Waals surface area (Å²) in [6.07, 6.45) is 0. The lowest BCUT2D eigenvalue weighted by Crippen LogP contribution is -2.11. The monoisotopic (exact) mass is 290 g/mol. The van der Waals surface area contributed by atoms with Crippen molar-refractivity contribution < 1.29 is 0 Å². The fourth-order valence-electron chi connectivity index (χ4n) is 1.86. The second-order valence-electron chi connectivity index (χ2n) is 4.06. The molecule has 0 radical (unpaired) electrons. The van der Waals surface area contributed by atoms with Crippen LogP contribution >= 0.6 is 15.9 Å². The Balaban J connectivity index is 2.44. The number of hydrogen-bond donors (Lipinski definition) is 1. The molecule has 0 unspecified atom stereocenters. The predicted octanol–water partition coefficient (Wildman–Crippen LogP) is 4.11. The first-order chi connectivity index (χ1) is 8.09. The fraction of sp³-hybridized carbons (Fsp3) is 0.143. The highest BCUT2D eigenvalue weighted by Crippen LogP contribution is 2.33. The molecule has 0 saturated heterocycles. The van der Waals surface area contributed by atoms with Crippen LogP contribution in [0.1, 0.15) is 5.56 Å². The summed E-state index contributed by atoms with van der Waals surface area (Å²) < 4.78 is 1.00. The Morgan fingerprint density at radius 2 is 1.76 bits per heavy atom. The van der Waals surface area contributed by atoms with Gasteiger partial charge in [-0.1, -0.05) is 18.2 Å². The van der Waals surface area contributed by atoms with Crippen molar-refractivity contribution in [3.8, 4) is 0 Å². The molecule has 0 heterocycles. The lowest BCUT2D eigenvalue weighted by Gasteiger charge is -2.23. The van der Waals surface area contributed by atoms with Crippen LogP contribution in [0.25, 0.3) is 0 Å². The molecular weight excluding hydrogens is 276 g/mol. The fourth-order valence-corrected chi connectivity index (χ4v) is 2.53. The molecule has 2 aromatic carbocycles. The summed E-state index contributed by atoms with van der Waals surface area (Å²) in [6.45, 7) is 2.11. The Morgan fingerprint density at radius 1 is 1.06 bits per heavy atom. The number of hydrogen-bond acceptors (Lipinski definition) is 2. The molecule has 0 spiro atoms. The van der Waals surface area contributed by atoms with Gasteiger partial charge in [-0.2, -0.15) is 0 Å². The number of nitrogens with two attached hydrogens (primary N) is 1. The zero-order valence-electron chi connectivity index (χ0n) is 9.94. The topological polar surface area (TPSA) is 29.3 Å². The van der Waals surface area contributed by atoms with Crippen LogP contribution in [0, 0.1) is 6.92 Å².